The number of nitrogens with one attached hydrogen (secondary N) is 1. The normalized spacial score (nSPS) is 16.0. The molecule has 1 aromatic rings. The second-order valence-electron chi connectivity index (χ2n) is 4.73. The zero-order chi connectivity index (χ0) is 15.6. The van der Waals surface area contributed by atoms with Crippen molar-refractivity contribution >= 4 is 0 Å². The number of alkyl halides is 6. The summed E-state index contributed by atoms with van der Waals surface area (Å²) in [5, 5.41) is 2.71. The van der Waals surface area contributed by atoms with Gasteiger partial charge in [0.25, 0.3) is 0 Å². The summed E-state index contributed by atoms with van der Waals surface area (Å²) in [6.07, 6.45) is -9.68. The third-order valence-electron chi connectivity index (χ3n) is 2.81. The molecule has 0 aliphatic carbocycles. The van der Waals surface area contributed by atoms with Crippen molar-refractivity contribution in [3.63, 3.8) is 0 Å². The predicted octanol–water partition coefficient (Wildman–Crippen LogP) is 4.70. The lowest BCUT2D eigenvalue weighted by molar-refractivity contribution is -0.139. The third kappa shape index (κ3) is 5.40. The molecule has 0 saturated heterocycles. The first-order valence-corrected chi connectivity index (χ1v) is 5.99. The molecule has 114 valence electrons. The molecule has 0 amide bonds. The largest absolute Gasteiger partial charge is 0.416 e. The highest BCUT2D eigenvalue weighted by atomic mass is 19.4. The Morgan fingerprint density at radius 3 is 1.85 bits per heavy atom. The molecular weight excluding hydrogens is 284 g/mol. The van der Waals surface area contributed by atoms with Gasteiger partial charge in [0.2, 0.25) is 0 Å². The summed E-state index contributed by atoms with van der Waals surface area (Å²) in [7, 11) is 0. The van der Waals surface area contributed by atoms with Gasteiger partial charge in [-0.25, -0.2) is 0 Å². The summed E-state index contributed by atoms with van der Waals surface area (Å²) >= 11 is 0. The maximum Gasteiger partial charge on any atom is 0.416 e. The Bertz CT molecular complexity index is 420. The number of rotatable bonds is 4. The molecule has 0 saturated carbocycles. The van der Waals surface area contributed by atoms with E-state index in [-0.39, 0.29) is 0 Å². The van der Waals surface area contributed by atoms with Gasteiger partial charge in [-0.2, -0.15) is 26.3 Å². The summed E-state index contributed by atoms with van der Waals surface area (Å²) in [6.45, 7) is 2.99. The fourth-order valence-corrected chi connectivity index (χ4v) is 1.89. The lowest BCUT2D eigenvalue weighted by Crippen LogP contribution is -2.33. The molecule has 0 heterocycles. The molecule has 0 aromatic heterocycles. The SMILES string of the molecule is CC(CC(F)(F)F)NC(C)c1ccc(C(F)(F)F)cc1. The lowest BCUT2D eigenvalue weighted by Gasteiger charge is -2.21. The van der Waals surface area contributed by atoms with Crippen molar-refractivity contribution < 1.29 is 26.3 Å². The summed E-state index contributed by atoms with van der Waals surface area (Å²) < 4.78 is 73.7. The van der Waals surface area contributed by atoms with Gasteiger partial charge in [-0.3, -0.25) is 0 Å². The monoisotopic (exact) mass is 299 g/mol. The van der Waals surface area contributed by atoms with Crippen LogP contribution in [0.4, 0.5) is 26.3 Å². The molecule has 0 bridgehead atoms. The van der Waals surface area contributed by atoms with E-state index in [9.17, 15) is 26.3 Å². The van der Waals surface area contributed by atoms with Crippen LogP contribution in [0.5, 0.6) is 0 Å². The molecule has 0 aliphatic rings. The first-order chi connectivity index (χ1) is 8.99. The Morgan fingerprint density at radius 1 is 0.950 bits per heavy atom. The minimum Gasteiger partial charge on any atom is -0.307 e. The van der Waals surface area contributed by atoms with Crippen LogP contribution in [0.1, 0.15) is 37.4 Å². The van der Waals surface area contributed by atoms with E-state index in [2.05, 4.69) is 5.32 Å². The zero-order valence-corrected chi connectivity index (χ0v) is 10.9. The van der Waals surface area contributed by atoms with Gasteiger partial charge in [-0.1, -0.05) is 12.1 Å². The van der Waals surface area contributed by atoms with E-state index in [0.29, 0.717) is 5.56 Å². The summed E-state index contributed by atoms with van der Waals surface area (Å²) in [5.41, 5.74) is -0.274. The van der Waals surface area contributed by atoms with E-state index in [1.165, 1.54) is 19.1 Å². The van der Waals surface area contributed by atoms with Gasteiger partial charge in [0.1, 0.15) is 0 Å². The van der Waals surface area contributed by atoms with Crippen molar-refractivity contribution in [2.24, 2.45) is 0 Å². The smallest absolute Gasteiger partial charge is 0.307 e. The molecule has 1 rings (SSSR count). The van der Waals surface area contributed by atoms with Crippen molar-refractivity contribution in [3.8, 4) is 0 Å². The van der Waals surface area contributed by atoms with Gasteiger partial charge >= 0.3 is 12.4 Å². The molecule has 1 nitrogen and oxygen atoms in total. The number of halogens is 6. The van der Waals surface area contributed by atoms with Gasteiger partial charge in [-0.05, 0) is 31.5 Å². The quantitative estimate of drug-likeness (QED) is 0.795. The Morgan fingerprint density at radius 2 is 1.45 bits per heavy atom. The first-order valence-electron chi connectivity index (χ1n) is 5.99. The van der Waals surface area contributed by atoms with Crippen LogP contribution >= 0.6 is 0 Å². The highest BCUT2D eigenvalue weighted by Crippen LogP contribution is 2.30. The molecule has 0 radical (unpaired) electrons. The van der Waals surface area contributed by atoms with Crippen LogP contribution in [0, 0.1) is 0 Å². The average molecular weight is 299 g/mol. The number of hydrogen-bond acceptors (Lipinski definition) is 1. The van der Waals surface area contributed by atoms with E-state index in [1.807, 2.05) is 0 Å². The molecule has 0 spiro atoms. The molecule has 1 aromatic carbocycles. The van der Waals surface area contributed by atoms with Crippen molar-refractivity contribution in [2.45, 2.75) is 44.7 Å². The molecule has 2 unspecified atom stereocenters. The Balaban J connectivity index is 2.66. The highest BCUT2D eigenvalue weighted by Gasteiger charge is 2.31. The summed E-state index contributed by atoms with van der Waals surface area (Å²) in [5.74, 6) is 0. The Hall–Kier alpha value is -1.24. The molecule has 0 fully saturated rings. The van der Waals surface area contributed by atoms with E-state index >= 15 is 0 Å². The van der Waals surface area contributed by atoms with Gasteiger partial charge in [0.05, 0.1) is 12.0 Å². The minimum atomic E-state index is -4.42. The van der Waals surface area contributed by atoms with Crippen LogP contribution in [0.15, 0.2) is 24.3 Å². The lowest BCUT2D eigenvalue weighted by atomic mass is 10.0. The van der Waals surface area contributed by atoms with E-state index in [4.69, 9.17) is 0 Å². The van der Waals surface area contributed by atoms with Gasteiger partial charge in [-0.15, -0.1) is 0 Å². The predicted molar refractivity (Wildman–Crippen MR) is 63.1 cm³/mol. The van der Waals surface area contributed by atoms with E-state index < -0.39 is 36.4 Å². The van der Waals surface area contributed by atoms with Crippen molar-refractivity contribution in [2.75, 3.05) is 0 Å². The van der Waals surface area contributed by atoms with Crippen molar-refractivity contribution in [3.05, 3.63) is 35.4 Å². The second-order valence-corrected chi connectivity index (χ2v) is 4.73. The Labute approximate surface area is 113 Å². The second kappa shape index (κ2) is 6.03. The highest BCUT2D eigenvalue weighted by molar-refractivity contribution is 5.26. The fraction of sp³-hybridized carbons (Fsp3) is 0.538. The number of hydrogen-bond donors (Lipinski definition) is 1. The third-order valence-corrected chi connectivity index (χ3v) is 2.81. The molecule has 2 atom stereocenters. The van der Waals surface area contributed by atoms with Crippen LogP contribution in [-0.2, 0) is 6.18 Å². The molecular formula is C13H15F6N. The van der Waals surface area contributed by atoms with Gasteiger partial charge in [0.15, 0.2) is 0 Å². The van der Waals surface area contributed by atoms with E-state index in [1.54, 1.807) is 6.92 Å². The van der Waals surface area contributed by atoms with E-state index in [0.717, 1.165) is 12.1 Å². The fourth-order valence-electron chi connectivity index (χ4n) is 1.89. The number of benzene rings is 1. The van der Waals surface area contributed by atoms with Gasteiger partial charge in [0, 0.05) is 12.1 Å². The topological polar surface area (TPSA) is 12.0 Å². The molecule has 0 aliphatic heterocycles. The molecule has 1 N–H and O–H groups in total. The average Bonchev–Trinajstić information content (AvgIpc) is 2.25. The first kappa shape index (κ1) is 16.8. The van der Waals surface area contributed by atoms with Crippen LogP contribution in [0.3, 0.4) is 0 Å². The zero-order valence-electron chi connectivity index (χ0n) is 10.9. The van der Waals surface area contributed by atoms with Crippen LogP contribution in [0.25, 0.3) is 0 Å². The Kier molecular flexibility index (Phi) is 5.07. The standard InChI is InChI=1S/C13H15F6N/c1-8(7-12(14,15)16)20-9(2)10-3-5-11(6-4-10)13(17,18)19/h3-6,8-9,20H,7H2,1-2H3. The molecule has 20 heavy (non-hydrogen) atoms. The summed E-state index contributed by atoms with van der Waals surface area (Å²) in [6, 6.07) is 3.09. The maximum atomic E-state index is 12.4. The maximum absolute atomic E-state index is 12.4. The van der Waals surface area contributed by atoms with Crippen LogP contribution < -0.4 is 5.32 Å². The molecule has 7 heteroatoms. The van der Waals surface area contributed by atoms with Crippen molar-refractivity contribution in [1.29, 1.82) is 0 Å². The summed E-state index contributed by atoms with van der Waals surface area (Å²) in [4.78, 5) is 0. The van der Waals surface area contributed by atoms with Crippen molar-refractivity contribution in [1.82, 2.24) is 5.32 Å². The van der Waals surface area contributed by atoms with Crippen LogP contribution in [-0.4, -0.2) is 12.2 Å². The van der Waals surface area contributed by atoms with Gasteiger partial charge < -0.3 is 5.32 Å². The minimum absolute atomic E-state index is 0.463. The van der Waals surface area contributed by atoms with Crippen LogP contribution in [0.2, 0.25) is 0 Å².